The van der Waals surface area contributed by atoms with Gasteiger partial charge in [-0.1, -0.05) is 31.9 Å². The molecule has 0 bridgehead atoms. The van der Waals surface area contributed by atoms with Gasteiger partial charge in [0.15, 0.2) is 0 Å². The number of hydrogen-bond donors (Lipinski definition) is 2. The number of H-pyrrole nitrogens is 1. The molecule has 1 aromatic heterocycles. The number of aryl methyl sites for hydroxylation is 1. The summed E-state index contributed by atoms with van der Waals surface area (Å²) >= 11 is 0. The van der Waals surface area contributed by atoms with E-state index in [4.69, 9.17) is 9.47 Å². The van der Waals surface area contributed by atoms with Crippen molar-refractivity contribution in [3.05, 3.63) is 41.2 Å². The molecule has 0 radical (unpaired) electrons. The number of carbonyl (C=O) groups is 3. The van der Waals surface area contributed by atoms with E-state index in [1.54, 1.807) is 45.2 Å². The summed E-state index contributed by atoms with van der Waals surface area (Å²) in [6.45, 7) is 5.71. The second kappa shape index (κ2) is 9.81. The first kappa shape index (κ1) is 22.6. The maximum absolute atomic E-state index is 13.2. The van der Waals surface area contributed by atoms with Gasteiger partial charge in [0.05, 0.1) is 19.3 Å². The number of nitrogens with one attached hydrogen (secondary N) is 2. The monoisotopic (exact) mass is 426 g/mol. The van der Waals surface area contributed by atoms with Crippen molar-refractivity contribution in [2.24, 2.45) is 5.92 Å². The molecular weight excluding hydrogens is 396 g/mol. The molecule has 2 aromatic rings. The number of rotatable bonds is 7. The van der Waals surface area contributed by atoms with Crippen molar-refractivity contribution in [1.82, 2.24) is 10.3 Å². The highest BCUT2D eigenvalue weighted by atomic mass is 16.5. The van der Waals surface area contributed by atoms with Crippen molar-refractivity contribution in [2.75, 3.05) is 13.7 Å². The molecule has 0 aliphatic heterocycles. The van der Waals surface area contributed by atoms with Crippen LogP contribution >= 0.6 is 0 Å². The highest BCUT2D eigenvalue weighted by Gasteiger charge is 2.32. The van der Waals surface area contributed by atoms with Crippen LogP contribution in [0.4, 0.5) is 0 Å². The van der Waals surface area contributed by atoms with Crippen LogP contribution in [0.5, 0.6) is 5.75 Å². The molecule has 1 heterocycles. The van der Waals surface area contributed by atoms with Gasteiger partial charge >= 0.3 is 5.97 Å². The van der Waals surface area contributed by atoms with Crippen molar-refractivity contribution >= 4 is 17.7 Å². The lowest BCUT2D eigenvalue weighted by Gasteiger charge is -2.29. The molecule has 1 aliphatic rings. The molecule has 2 N–H and O–H groups in total. The van der Waals surface area contributed by atoms with Crippen LogP contribution < -0.4 is 10.1 Å². The predicted molar refractivity (Wildman–Crippen MR) is 117 cm³/mol. The number of ketones is 1. The topological polar surface area (TPSA) is 97.5 Å². The van der Waals surface area contributed by atoms with E-state index >= 15 is 0 Å². The van der Waals surface area contributed by atoms with Crippen molar-refractivity contribution < 1.29 is 23.9 Å². The fourth-order valence-corrected chi connectivity index (χ4v) is 4.18. The molecule has 7 nitrogen and oxygen atoms in total. The van der Waals surface area contributed by atoms with Gasteiger partial charge in [-0.25, -0.2) is 4.79 Å². The Bertz CT molecular complexity index is 961. The lowest BCUT2D eigenvalue weighted by Crippen LogP contribution is -2.44. The molecule has 0 spiro atoms. The van der Waals surface area contributed by atoms with E-state index in [9.17, 15) is 14.4 Å². The number of Topliss-reactive ketones (excluding diaryl/α,β-unsaturated/α-hetero) is 1. The number of amides is 1. The van der Waals surface area contributed by atoms with Gasteiger partial charge in [-0.3, -0.25) is 9.59 Å². The summed E-state index contributed by atoms with van der Waals surface area (Å²) in [4.78, 5) is 41.6. The van der Waals surface area contributed by atoms with Gasteiger partial charge in [-0.15, -0.1) is 0 Å². The van der Waals surface area contributed by atoms with E-state index in [0.717, 1.165) is 25.7 Å². The van der Waals surface area contributed by atoms with E-state index in [-0.39, 0.29) is 23.9 Å². The average molecular weight is 427 g/mol. The van der Waals surface area contributed by atoms with Crippen molar-refractivity contribution in [1.29, 1.82) is 0 Å². The quantitative estimate of drug-likeness (QED) is 0.395. The van der Waals surface area contributed by atoms with Crippen LogP contribution in [-0.2, 0) is 9.53 Å². The Labute approximate surface area is 182 Å². The standard InChI is InChI=1S/C24H30N2O5/c1-5-31-24(29)19-15(3)25-21(20(19)16-10-12-17(30-4)13-11-16)22(27)23(28)26-18-9-7-6-8-14(18)2/h10-14,18,25H,5-9H2,1-4H3,(H,26,28)/t14-,18+/m0/s1. The molecule has 7 heteroatoms. The molecule has 3 rings (SSSR count). The van der Waals surface area contributed by atoms with Crippen LogP contribution in [0.25, 0.3) is 11.1 Å². The van der Waals surface area contributed by atoms with Crippen LogP contribution in [0, 0.1) is 12.8 Å². The minimum absolute atomic E-state index is 0.0183. The maximum Gasteiger partial charge on any atom is 0.340 e. The first-order valence-electron chi connectivity index (χ1n) is 10.8. The molecule has 1 aromatic carbocycles. The lowest BCUT2D eigenvalue weighted by molar-refractivity contribution is -0.118. The second-order valence-corrected chi connectivity index (χ2v) is 7.99. The molecule has 2 atom stereocenters. The first-order chi connectivity index (χ1) is 14.9. The van der Waals surface area contributed by atoms with Crippen molar-refractivity contribution in [2.45, 2.75) is 52.5 Å². The van der Waals surface area contributed by atoms with Gasteiger partial charge in [0.25, 0.3) is 11.7 Å². The van der Waals surface area contributed by atoms with Gasteiger partial charge < -0.3 is 19.8 Å². The molecule has 0 unspecified atom stereocenters. The SMILES string of the molecule is CCOC(=O)c1c(C)[nH]c(C(=O)C(=O)N[C@@H]2CCCC[C@@H]2C)c1-c1ccc(OC)cc1. The summed E-state index contributed by atoms with van der Waals surface area (Å²) in [6, 6.07) is 6.97. The van der Waals surface area contributed by atoms with E-state index in [2.05, 4.69) is 17.2 Å². The largest absolute Gasteiger partial charge is 0.497 e. The normalized spacial score (nSPS) is 18.3. The van der Waals surface area contributed by atoms with E-state index in [1.165, 1.54) is 0 Å². The Hall–Kier alpha value is -3.09. The zero-order valence-electron chi connectivity index (χ0n) is 18.5. The Morgan fingerprint density at radius 1 is 1.13 bits per heavy atom. The van der Waals surface area contributed by atoms with Crippen molar-refractivity contribution in [3.8, 4) is 16.9 Å². The molecule has 166 valence electrons. The highest BCUT2D eigenvalue weighted by Crippen LogP contribution is 2.33. The number of benzene rings is 1. The number of ether oxygens (including phenoxy) is 2. The number of aromatic nitrogens is 1. The van der Waals surface area contributed by atoms with Crippen LogP contribution in [0.1, 0.15) is 66.1 Å². The third-order valence-corrected chi connectivity index (χ3v) is 5.91. The summed E-state index contributed by atoms with van der Waals surface area (Å²) < 4.78 is 10.4. The Kier molecular flexibility index (Phi) is 7.15. The molecular formula is C24H30N2O5. The summed E-state index contributed by atoms with van der Waals surface area (Å²) in [5, 5.41) is 2.90. The first-order valence-corrected chi connectivity index (χ1v) is 10.8. The number of esters is 1. The zero-order chi connectivity index (χ0) is 22.5. The molecule has 1 saturated carbocycles. The van der Waals surface area contributed by atoms with Crippen LogP contribution in [-0.4, -0.2) is 42.4 Å². The highest BCUT2D eigenvalue weighted by molar-refractivity contribution is 6.44. The lowest BCUT2D eigenvalue weighted by atomic mass is 9.86. The number of hydrogen-bond acceptors (Lipinski definition) is 5. The summed E-state index contributed by atoms with van der Waals surface area (Å²) in [5.41, 5.74) is 1.82. The molecule has 0 saturated heterocycles. The van der Waals surface area contributed by atoms with E-state index in [0.29, 0.717) is 28.5 Å². The van der Waals surface area contributed by atoms with Crippen molar-refractivity contribution in [3.63, 3.8) is 0 Å². The average Bonchev–Trinajstić information content (AvgIpc) is 3.12. The fourth-order valence-electron chi connectivity index (χ4n) is 4.18. The van der Waals surface area contributed by atoms with Crippen LogP contribution in [0.15, 0.2) is 24.3 Å². The van der Waals surface area contributed by atoms with Gasteiger partial charge in [0.2, 0.25) is 0 Å². The van der Waals surface area contributed by atoms with E-state index in [1.807, 2.05) is 0 Å². The van der Waals surface area contributed by atoms with E-state index < -0.39 is 17.7 Å². The van der Waals surface area contributed by atoms with Gasteiger partial charge in [0.1, 0.15) is 11.4 Å². The molecule has 1 fully saturated rings. The minimum Gasteiger partial charge on any atom is -0.497 e. The summed E-state index contributed by atoms with van der Waals surface area (Å²) in [7, 11) is 1.56. The van der Waals surface area contributed by atoms with Gasteiger partial charge in [-0.2, -0.15) is 0 Å². The predicted octanol–water partition coefficient (Wildman–Crippen LogP) is 4.05. The summed E-state index contributed by atoms with van der Waals surface area (Å²) in [6.07, 6.45) is 4.07. The van der Waals surface area contributed by atoms with Crippen LogP contribution in [0.3, 0.4) is 0 Å². The Morgan fingerprint density at radius 3 is 2.42 bits per heavy atom. The third-order valence-electron chi connectivity index (χ3n) is 5.91. The molecule has 1 amide bonds. The van der Waals surface area contributed by atoms with Gasteiger partial charge in [-0.05, 0) is 50.3 Å². The zero-order valence-corrected chi connectivity index (χ0v) is 18.5. The van der Waals surface area contributed by atoms with Gasteiger partial charge in [0, 0.05) is 17.3 Å². The number of methoxy groups -OCH3 is 1. The Morgan fingerprint density at radius 2 is 1.81 bits per heavy atom. The minimum atomic E-state index is -0.692. The smallest absolute Gasteiger partial charge is 0.340 e. The van der Waals surface area contributed by atoms with Crippen LogP contribution in [0.2, 0.25) is 0 Å². The summed E-state index contributed by atoms with van der Waals surface area (Å²) in [5.74, 6) is -0.924. The second-order valence-electron chi connectivity index (χ2n) is 7.99. The number of carbonyl (C=O) groups excluding carboxylic acids is 3. The molecule has 1 aliphatic carbocycles. The fraction of sp³-hybridized carbons (Fsp3) is 0.458. The third kappa shape index (κ3) is 4.81. The molecule has 31 heavy (non-hydrogen) atoms. The number of aromatic amines is 1. The maximum atomic E-state index is 13.2. The Balaban J connectivity index is 2.00.